The number of ether oxygens (including phenoxy) is 1. The van der Waals surface area contributed by atoms with Crippen LogP contribution in [0.3, 0.4) is 0 Å². The first kappa shape index (κ1) is 14.8. The monoisotopic (exact) mass is 342 g/mol. The summed E-state index contributed by atoms with van der Waals surface area (Å²) in [5, 5.41) is 0. The number of piperidine rings is 1. The van der Waals surface area contributed by atoms with Crippen LogP contribution in [0, 0.1) is 0 Å². The van der Waals surface area contributed by atoms with E-state index < -0.39 is 0 Å². The van der Waals surface area contributed by atoms with Crippen molar-refractivity contribution in [2.24, 2.45) is 5.73 Å². The molecule has 1 fully saturated rings. The van der Waals surface area contributed by atoms with Gasteiger partial charge in [-0.25, -0.2) is 0 Å². The van der Waals surface area contributed by atoms with E-state index in [1.165, 1.54) is 19.3 Å². The Labute approximate surface area is 128 Å². The average molecular weight is 343 g/mol. The second kappa shape index (κ2) is 6.68. The van der Waals surface area contributed by atoms with E-state index in [9.17, 15) is 0 Å². The molecule has 5 heteroatoms. The minimum absolute atomic E-state index is 0.361. The van der Waals surface area contributed by atoms with E-state index in [1.807, 2.05) is 18.2 Å². The van der Waals surface area contributed by atoms with E-state index in [4.69, 9.17) is 22.7 Å². The highest BCUT2D eigenvalue weighted by Crippen LogP contribution is 2.27. The Balaban J connectivity index is 2.07. The van der Waals surface area contributed by atoms with E-state index in [0.29, 0.717) is 17.6 Å². The maximum Gasteiger partial charge on any atom is 0.130 e. The van der Waals surface area contributed by atoms with Crippen molar-refractivity contribution in [3.8, 4) is 5.75 Å². The van der Waals surface area contributed by atoms with Crippen molar-refractivity contribution in [2.75, 3.05) is 20.2 Å². The quantitative estimate of drug-likeness (QED) is 0.853. The summed E-state index contributed by atoms with van der Waals surface area (Å²) in [5.41, 5.74) is 6.55. The molecule has 1 aromatic carbocycles. The number of likely N-dealkylation sites (tertiary alicyclic amines) is 1. The lowest BCUT2D eigenvalue weighted by molar-refractivity contribution is 0.125. The van der Waals surface area contributed by atoms with Crippen LogP contribution in [0.15, 0.2) is 22.7 Å². The zero-order valence-corrected chi connectivity index (χ0v) is 13.5. The second-order valence-electron chi connectivity index (χ2n) is 4.92. The second-order valence-corrected chi connectivity index (χ2v) is 6.21. The van der Waals surface area contributed by atoms with Gasteiger partial charge in [0, 0.05) is 10.5 Å². The Morgan fingerprint density at radius 3 is 3.00 bits per heavy atom. The largest absolute Gasteiger partial charge is 0.491 e. The normalized spacial score (nSPS) is 20.2. The Bertz CT molecular complexity index is 467. The highest BCUT2D eigenvalue weighted by molar-refractivity contribution is 9.10. The molecule has 0 aromatic heterocycles. The van der Waals surface area contributed by atoms with Crippen LogP contribution in [0.2, 0.25) is 0 Å². The standard InChI is InChI=1S/C14H19BrN2OS/c1-17-8-3-2-5-10(17)9-18-12-7-4-6-11(15)13(12)14(16)19/h4,6-7,10H,2-3,5,8-9H2,1H3,(H2,16,19). The third kappa shape index (κ3) is 3.68. The first-order valence-corrected chi connectivity index (χ1v) is 7.71. The molecule has 0 saturated carbocycles. The maximum absolute atomic E-state index is 5.95. The number of nitrogens with zero attached hydrogens (tertiary/aromatic N) is 1. The molecule has 0 radical (unpaired) electrons. The SMILES string of the molecule is CN1CCCCC1COc1cccc(Br)c1C(N)=S. The smallest absolute Gasteiger partial charge is 0.130 e. The van der Waals surface area contributed by atoms with Gasteiger partial charge in [0.05, 0.1) is 5.56 Å². The molecule has 104 valence electrons. The summed E-state index contributed by atoms with van der Waals surface area (Å²) in [6, 6.07) is 6.26. The van der Waals surface area contributed by atoms with Gasteiger partial charge in [-0.1, -0.05) is 24.7 Å². The zero-order chi connectivity index (χ0) is 13.8. The zero-order valence-electron chi connectivity index (χ0n) is 11.1. The molecule has 1 aromatic rings. The van der Waals surface area contributed by atoms with Crippen LogP contribution in [0.5, 0.6) is 5.75 Å². The number of nitrogens with two attached hydrogens (primary N) is 1. The van der Waals surface area contributed by atoms with Crippen molar-refractivity contribution in [2.45, 2.75) is 25.3 Å². The van der Waals surface area contributed by atoms with Crippen molar-refractivity contribution in [3.05, 3.63) is 28.2 Å². The van der Waals surface area contributed by atoms with Crippen LogP contribution in [-0.4, -0.2) is 36.1 Å². The van der Waals surface area contributed by atoms with Crippen molar-refractivity contribution >= 4 is 33.1 Å². The summed E-state index contributed by atoms with van der Waals surface area (Å²) in [4.78, 5) is 2.72. The summed E-state index contributed by atoms with van der Waals surface area (Å²) in [6.45, 7) is 1.83. The van der Waals surface area contributed by atoms with Crippen molar-refractivity contribution in [3.63, 3.8) is 0 Å². The van der Waals surface area contributed by atoms with E-state index in [0.717, 1.165) is 22.3 Å². The number of hydrogen-bond acceptors (Lipinski definition) is 3. The molecule has 1 saturated heterocycles. The summed E-state index contributed by atoms with van der Waals surface area (Å²) < 4.78 is 6.83. The molecule has 0 bridgehead atoms. The Kier molecular flexibility index (Phi) is 5.19. The fourth-order valence-corrected chi connectivity index (χ4v) is 3.31. The topological polar surface area (TPSA) is 38.5 Å². The van der Waals surface area contributed by atoms with Crippen molar-refractivity contribution < 1.29 is 4.74 Å². The van der Waals surface area contributed by atoms with E-state index >= 15 is 0 Å². The Morgan fingerprint density at radius 1 is 1.53 bits per heavy atom. The van der Waals surface area contributed by atoms with Gasteiger partial charge in [-0.05, 0) is 54.5 Å². The van der Waals surface area contributed by atoms with Crippen LogP contribution < -0.4 is 10.5 Å². The van der Waals surface area contributed by atoms with Crippen LogP contribution in [0.1, 0.15) is 24.8 Å². The summed E-state index contributed by atoms with van der Waals surface area (Å²) >= 11 is 8.56. The maximum atomic E-state index is 5.95. The fourth-order valence-electron chi connectivity index (χ4n) is 2.40. The molecule has 0 amide bonds. The van der Waals surface area contributed by atoms with Crippen LogP contribution in [0.25, 0.3) is 0 Å². The lowest BCUT2D eigenvalue weighted by atomic mass is 10.0. The number of hydrogen-bond donors (Lipinski definition) is 1. The van der Waals surface area contributed by atoms with E-state index in [1.54, 1.807) is 0 Å². The number of benzene rings is 1. The van der Waals surface area contributed by atoms with Crippen LogP contribution >= 0.6 is 28.1 Å². The van der Waals surface area contributed by atoms with E-state index in [-0.39, 0.29) is 0 Å². The molecule has 1 aliphatic heterocycles. The van der Waals surface area contributed by atoms with Crippen molar-refractivity contribution in [1.29, 1.82) is 0 Å². The molecule has 3 nitrogen and oxygen atoms in total. The van der Waals surface area contributed by atoms with Gasteiger partial charge in [-0.3, -0.25) is 0 Å². The first-order chi connectivity index (χ1) is 9.09. The molecule has 1 heterocycles. The lowest BCUT2D eigenvalue weighted by Gasteiger charge is -2.32. The summed E-state index contributed by atoms with van der Waals surface area (Å²) in [6.07, 6.45) is 3.74. The highest BCUT2D eigenvalue weighted by atomic mass is 79.9. The molecule has 2 N–H and O–H groups in total. The minimum atomic E-state index is 0.361. The molecule has 1 aliphatic rings. The predicted molar refractivity (Wildman–Crippen MR) is 85.8 cm³/mol. The minimum Gasteiger partial charge on any atom is -0.491 e. The van der Waals surface area contributed by atoms with Gasteiger partial charge in [0.2, 0.25) is 0 Å². The van der Waals surface area contributed by atoms with Gasteiger partial charge < -0.3 is 15.4 Å². The third-order valence-corrected chi connectivity index (χ3v) is 4.44. The van der Waals surface area contributed by atoms with Crippen LogP contribution in [-0.2, 0) is 0 Å². The molecule has 19 heavy (non-hydrogen) atoms. The molecule has 1 atom stereocenters. The highest BCUT2D eigenvalue weighted by Gasteiger charge is 2.20. The predicted octanol–water partition coefficient (Wildman–Crippen LogP) is 2.95. The van der Waals surface area contributed by atoms with Gasteiger partial charge >= 0.3 is 0 Å². The lowest BCUT2D eigenvalue weighted by Crippen LogP contribution is -2.40. The fraction of sp³-hybridized carbons (Fsp3) is 0.500. The Hall–Kier alpha value is -0.650. The molecular formula is C14H19BrN2OS. The van der Waals surface area contributed by atoms with Crippen molar-refractivity contribution in [1.82, 2.24) is 4.90 Å². The van der Waals surface area contributed by atoms with Gasteiger partial charge in [0.25, 0.3) is 0 Å². The molecule has 2 rings (SSSR count). The molecule has 0 spiro atoms. The third-order valence-electron chi connectivity index (χ3n) is 3.57. The number of halogens is 1. The molecular weight excluding hydrogens is 324 g/mol. The Morgan fingerprint density at radius 2 is 2.32 bits per heavy atom. The summed E-state index contributed by atoms with van der Waals surface area (Å²) in [7, 11) is 2.16. The first-order valence-electron chi connectivity index (χ1n) is 6.51. The molecule has 0 aliphatic carbocycles. The van der Waals surface area contributed by atoms with Gasteiger partial charge in [-0.15, -0.1) is 0 Å². The number of thiocarbonyl (C=S) groups is 1. The van der Waals surface area contributed by atoms with E-state index in [2.05, 4.69) is 27.9 Å². The van der Waals surface area contributed by atoms with Gasteiger partial charge in [-0.2, -0.15) is 0 Å². The van der Waals surface area contributed by atoms with Crippen LogP contribution in [0.4, 0.5) is 0 Å². The van der Waals surface area contributed by atoms with Gasteiger partial charge in [0.15, 0.2) is 0 Å². The summed E-state index contributed by atoms with van der Waals surface area (Å²) in [5.74, 6) is 0.765. The number of rotatable bonds is 4. The number of likely N-dealkylation sites (N-methyl/N-ethyl adjacent to an activating group) is 1. The average Bonchev–Trinajstić information content (AvgIpc) is 2.37. The van der Waals surface area contributed by atoms with Gasteiger partial charge in [0.1, 0.15) is 17.3 Å². The molecule has 1 unspecified atom stereocenters.